The first-order valence-electron chi connectivity index (χ1n) is 12.2. The molecule has 3 aromatic carbocycles. The van der Waals surface area contributed by atoms with Gasteiger partial charge in [0.1, 0.15) is 0 Å². The van der Waals surface area contributed by atoms with Crippen LogP contribution >= 0.6 is 0 Å². The molecule has 0 aliphatic carbocycles. The third-order valence-corrected chi connectivity index (χ3v) is 6.26. The first-order valence-corrected chi connectivity index (χ1v) is 12.2. The fourth-order valence-corrected chi connectivity index (χ4v) is 4.44. The Morgan fingerprint density at radius 1 is 1.03 bits per heavy atom. The van der Waals surface area contributed by atoms with Gasteiger partial charge in [-0.3, -0.25) is 9.59 Å². The number of allylic oxidation sites excluding steroid dienone is 1. The minimum atomic E-state index is -0.344. The Balaban J connectivity index is 1.50. The van der Waals surface area contributed by atoms with E-state index in [1.807, 2.05) is 73.7 Å². The molecule has 0 spiro atoms. The lowest BCUT2D eigenvalue weighted by molar-refractivity contribution is -0.121. The second-order valence-corrected chi connectivity index (χ2v) is 8.84. The third kappa shape index (κ3) is 5.43. The summed E-state index contributed by atoms with van der Waals surface area (Å²) in [4.78, 5) is 30.3. The zero-order valence-corrected chi connectivity index (χ0v) is 20.9. The van der Waals surface area contributed by atoms with Crippen molar-refractivity contribution in [3.8, 4) is 11.5 Å². The summed E-state index contributed by atoms with van der Waals surface area (Å²) >= 11 is 0. The molecule has 1 aliphatic rings. The molecule has 1 heterocycles. The highest BCUT2D eigenvalue weighted by atomic mass is 16.5. The van der Waals surface area contributed by atoms with Crippen molar-refractivity contribution in [3.05, 3.63) is 96.6 Å². The summed E-state index contributed by atoms with van der Waals surface area (Å²) in [6.45, 7) is 6.87. The average molecular weight is 485 g/mol. The highest BCUT2D eigenvalue weighted by Gasteiger charge is 2.33. The van der Waals surface area contributed by atoms with E-state index in [-0.39, 0.29) is 17.7 Å². The number of nitrogens with zero attached hydrogens (tertiary/aromatic N) is 2. The Morgan fingerprint density at radius 2 is 1.75 bits per heavy atom. The van der Waals surface area contributed by atoms with E-state index < -0.39 is 0 Å². The van der Waals surface area contributed by atoms with E-state index in [2.05, 4.69) is 6.58 Å². The van der Waals surface area contributed by atoms with Crippen molar-refractivity contribution in [3.63, 3.8) is 0 Å². The van der Waals surface area contributed by atoms with Gasteiger partial charge in [0.05, 0.1) is 31.0 Å². The second kappa shape index (κ2) is 11.6. The molecule has 0 aromatic heterocycles. The molecule has 6 heteroatoms. The van der Waals surface area contributed by atoms with Crippen LogP contribution in [-0.2, 0) is 11.2 Å². The lowest BCUT2D eigenvalue weighted by Gasteiger charge is -2.25. The second-order valence-electron chi connectivity index (χ2n) is 8.84. The molecule has 0 fully saturated rings. The minimum Gasteiger partial charge on any atom is -0.493 e. The highest BCUT2D eigenvalue weighted by Crippen LogP contribution is 2.35. The summed E-state index contributed by atoms with van der Waals surface area (Å²) in [6, 6.07) is 22.6. The largest absolute Gasteiger partial charge is 0.493 e. The number of ether oxygens (including phenoxy) is 2. The molecule has 0 radical (unpaired) electrons. The van der Waals surface area contributed by atoms with E-state index in [0.29, 0.717) is 43.2 Å². The van der Waals surface area contributed by atoms with Gasteiger partial charge >= 0.3 is 0 Å². The van der Waals surface area contributed by atoms with Gasteiger partial charge in [0, 0.05) is 18.7 Å². The molecule has 1 unspecified atom stereocenters. The maximum Gasteiger partial charge on any atom is 0.258 e. The van der Waals surface area contributed by atoms with Crippen molar-refractivity contribution in [2.45, 2.75) is 19.8 Å². The van der Waals surface area contributed by atoms with Gasteiger partial charge in [0.25, 0.3) is 5.91 Å². The van der Waals surface area contributed by atoms with Crippen LogP contribution in [0.15, 0.2) is 85.5 Å². The van der Waals surface area contributed by atoms with Crippen LogP contribution in [0.1, 0.15) is 29.3 Å². The normalized spacial score (nSPS) is 15.2. The standard InChI is InChI=1S/C30H32N2O4/c1-4-11-23-16-17-27(28(20-23)35-3)36-19-10-18-31-25-14-8-9-15-26(25)32(21-22(2)29(31)33)30(34)24-12-6-5-7-13-24/h4-9,12-17,20,22H,1,10-11,18-19,21H2,2-3H3. The van der Waals surface area contributed by atoms with Gasteiger partial charge in [0.15, 0.2) is 11.5 Å². The Kier molecular flexibility index (Phi) is 8.06. The lowest BCUT2D eigenvalue weighted by Crippen LogP contribution is -2.39. The quantitative estimate of drug-likeness (QED) is 0.296. The number of hydrogen-bond acceptors (Lipinski definition) is 4. The van der Waals surface area contributed by atoms with E-state index in [0.717, 1.165) is 23.4 Å². The number of methoxy groups -OCH3 is 1. The van der Waals surface area contributed by atoms with Gasteiger partial charge in [-0.2, -0.15) is 0 Å². The van der Waals surface area contributed by atoms with Crippen molar-refractivity contribution in [1.29, 1.82) is 0 Å². The summed E-state index contributed by atoms with van der Waals surface area (Å²) in [6.07, 6.45) is 3.23. The predicted molar refractivity (Wildman–Crippen MR) is 143 cm³/mol. The number of benzene rings is 3. The molecule has 36 heavy (non-hydrogen) atoms. The molecule has 0 saturated heterocycles. The molecule has 1 atom stereocenters. The van der Waals surface area contributed by atoms with Crippen LogP contribution in [-0.4, -0.2) is 38.6 Å². The van der Waals surface area contributed by atoms with E-state index >= 15 is 0 Å². The van der Waals surface area contributed by atoms with Gasteiger partial charge in [-0.15, -0.1) is 6.58 Å². The molecule has 4 rings (SSSR count). The van der Waals surface area contributed by atoms with Crippen LogP contribution in [0.2, 0.25) is 0 Å². The van der Waals surface area contributed by atoms with E-state index in [1.54, 1.807) is 29.0 Å². The van der Waals surface area contributed by atoms with Crippen molar-refractivity contribution < 1.29 is 19.1 Å². The lowest BCUT2D eigenvalue weighted by atomic mass is 10.1. The van der Waals surface area contributed by atoms with Crippen LogP contribution in [0.3, 0.4) is 0 Å². The predicted octanol–water partition coefficient (Wildman–Crippen LogP) is 5.52. The van der Waals surface area contributed by atoms with Crippen LogP contribution < -0.4 is 19.3 Å². The maximum atomic E-state index is 13.4. The van der Waals surface area contributed by atoms with E-state index in [9.17, 15) is 9.59 Å². The zero-order valence-electron chi connectivity index (χ0n) is 20.9. The molecule has 186 valence electrons. The Hall–Kier alpha value is -4.06. The first kappa shape index (κ1) is 25.0. The highest BCUT2D eigenvalue weighted by molar-refractivity contribution is 6.11. The van der Waals surface area contributed by atoms with E-state index in [1.165, 1.54) is 0 Å². The molecule has 2 amide bonds. The van der Waals surface area contributed by atoms with Crippen LogP contribution in [0.5, 0.6) is 11.5 Å². The number of anilines is 2. The first-order chi connectivity index (χ1) is 17.5. The number of carbonyl (C=O) groups excluding carboxylic acids is 2. The number of fused-ring (bicyclic) bond motifs is 1. The number of carbonyl (C=O) groups is 2. The van der Waals surface area contributed by atoms with Crippen molar-refractivity contribution in [2.24, 2.45) is 5.92 Å². The third-order valence-electron chi connectivity index (χ3n) is 6.26. The van der Waals surface area contributed by atoms with Gasteiger partial charge < -0.3 is 19.3 Å². The van der Waals surface area contributed by atoms with Gasteiger partial charge in [0.2, 0.25) is 5.91 Å². The molecule has 0 N–H and O–H groups in total. The average Bonchev–Trinajstić information content (AvgIpc) is 3.02. The van der Waals surface area contributed by atoms with E-state index in [4.69, 9.17) is 9.47 Å². The fraction of sp³-hybridized carbons (Fsp3) is 0.267. The summed E-state index contributed by atoms with van der Waals surface area (Å²) in [5, 5.41) is 0. The number of para-hydroxylation sites is 2. The fourth-order valence-electron chi connectivity index (χ4n) is 4.44. The van der Waals surface area contributed by atoms with Crippen molar-refractivity contribution >= 4 is 23.2 Å². The van der Waals surface area contributed by atoms with Crippen LogP contribution in [0.4, 0.5) is 11.4 Å². The number of hydrogen-bond donors (Lipinski definition) is 0. The van der Waals surface area contributed by atoms with Gasteiger partial charge in [-0.25, -0.2) is 0 Å². The SMILES string of the molecule is C=CCc1ccc(OCCCN2C(=O)C(C)CN(C(=O)c3ccccc3)c3ccccc32)c(OC)c1. The minimum absolute atomic E-state index is 0.00262. The zero-order chi connectivity index (χ0) is 25.5. The maximum absolute atomic E-state index is 13.4. The molecular formula is C30H32N2O4. The van der Waals surface area contributed by atoms with Gasteiger partial charge in [-0.1, -0.05) is 49.4 Å². The van der Waals surface area contributed by atoms with Crippen LogP contribution in [0, 0.1) is 5.92 Å². The summed E-state index contributed by atoms with van der Waals surface area (Å²) < 4.78 is 11.5. The summed E-state index contributed by atoms with van der Waals surface area (Å²) in [7, 11) is 1.62. The molecule has 6 nitrogen and oxygen atoms in total. The molecule has 0 saturated carbocycles. The van der Waals surface area contributed by atoms with Gasteiger partial charge in [-0.05, 0) is 54.8 Å². The smallest absolute Gasteiger partial charge is 0.258 e. The van der Waals surface area contributed by atoms with Crippen LogP contribution in [0.25, 0.3) is 0 Å². The molecular weight excluding hydrogens is 452 g/mol. The summed E-state index contributed by atoms with van der Waals surface area (Å²) in [5.41, 5.74) is 3.18. The molecule has 1 aliphatic heterocycles. The Labute approximate surface area is 212 Å². The monoisotopic (exact) mass is 484 g/mol. The summed E-state index contributed by atoms with van der Waals surface area (Å²) in [5.74, 6) is 0.885. The molecule has 0 bridgehead atoms. The van der Waals surface area contributed by atoms with Crippen molar-refractivity contribution in [2.75, 3.05) is 36.6 Å². The Morgan fingerprint density at radius 3 is 2.47 bits per heavy atom. The topological polar surface area (TPSA) is 59.1 Å². The Bertz CT molecular complexity index is 1220. The van der Waals surface area contributed by atoms with Crippen molar-refractivity contribution in [1.82, 2.24) is 0 Å². The number of amides is 2. The number of rotatable bonds is 9. The molecule has 3 aromatic rings.